The lowest BCUT2D eigenvalue weighted by molar-refractivity contribution is -0.127. The SMILES string of the molecule is CCc1ccc(C(=O)NNC(=O)C2CCN(C(=O)c3ccco3)CC2)cc1. The van der Waals surface area contributed by atoms with E-state index in [0.717, 1.165) is 12.0 Å². The fraction of sp³-hybridized carbons (Fsp3) is 0.350. The first kappa shape index (κ1) is 18.7. The third kappa shape index (κ3) is 4.55. The van der Waals surface area contributed by atoms with Crippen molar-refractivity contribution in [3.05, 3.63) is 59.5 Å². The van der Waals surface area contributed by atoms with E-state index in [2.05, 4.69) is 10.9 Å². The van der Waals surface area contributed by atoms with Crippen molar-refractivity contribution in [2.24, 2.45) is 5.92 Å². The Morgan fingerprint density at radius 1 is 1.07 bits per heavy atom. The first-order valence-corrected chi connectivity index (χ1v) is 9.10. The molecule has 2 N–H and O–H groups in total. The molecule has 1 aliphatic rings. The fourth-order valence-corrected chi connectivity index (χ4v) is 3.09. The van der Waals surface area contributed by atoms with Crippen LogP contribution < -0.4 is 10.9 Å². The zero-order valence-corrected chi connectivity index (χ0v) is 15.2. The van der Waals surface area contributed by atoms with Crippen LogP contribution in [0.2, 0.25) is 0 Å². The predicted octanol–water partition coefficient (Wildman–Crippen LogP) is 2.16. The molecule has 2 heterocycles. The molecule has 1 aromatic carbocycles. The summed E-state index contributed by atoms with van der Waals surface area (Å²) in [6.07, 6.45) is 3.45. The number of hydrazine groups is 1. The van der Waals surface area contributed by atoms with E-state index < -0.39 is 0 Å². The number of carbonyl (C=O) groups is 3. The van der Waals surface area contributed by atoms with Gasteiger partial charge in [-0.3, -0.25) is 25.2 Å². The number of likely N-dealkylation sites (tertiary alicyclic amines) is 1. The van der Waals surface area contributed by atoms with Crippen molar-refractivity contribution >= 4 is 17.7 Å². The van der Waals surface area contributed by atoms with Crippen molar-refractivity contribution in [2.45, 2.75) is 26.2 Å². The Balaban J connectivity index is 1.45. The highest BCUT2D eigenvalue weighted by molar-refractivity contribution is 5.95. The average Bonchev–Trinajstić information content (AvgIpc) is 3.26. The van der Waals surface area contributed by atoms with E-state index in [1.165, 1.54) is 6.26 Å². The first-order chi connectivity index (χ1) is 13.1. The lowest BCUT2D eigenvalue weighted by atomic mass is 9.96. The van der Waals surface area contributed by atoms with Gasteiger partial charge in [0.15, 0.2) is 5.76 Å². The molecule has 3 amide bonds. The Morgan fingerprint density at radius 3 is 2.37 bits per heavy atom. The number of rotatable bonds is 4. The van der Waals surface area contributed by atoms with Crippen LogP contribution in [0.15, 0.2) is 47.1 Å². The number of amides is 3. The van der Waals surface area contributed by atoms with Gasteiger partial charge in [-0.25, -0.2) is 0 Å². The fourth-order valence-electron chi connectivity index (χ4n) is 3.09. The molecule has 1 fully saturated rings. The van der Waals surface area contributed by atoms with Gasteiger partial charge in [0.2, 0.25) is 5.91 Å². The summed E-state index contributed by atoms with van der Waals surface area (Å²) in [6, 6.07) is 10.6. The monoisotopic (exact) mass is 369 g/mol. The highest BCUT2D eigenvalue weighted by Gasteiger charge is 2.28. The lowest BCUT2D eigenvalue weighted by Crippen LogP contribution is -2.48. The summed E-state index contributed by atoms with van der Waals surface area (Å²) in [7, 11) is 0. The van der Waals surface area contributed by atoms with Gasteiger partial charge in [0.1, 0.15) is 0 Å². The highest BCUT2D eigenvalue weighted by Crippen LogP contribution is 2.19. The normalized spacial score (nSPS) is 14.6. The molecule has 1 aliphatic heterocycles. The van der Waals surface area contributed by atoms with Crippen molar-refractivity contribution in [2.75, 3.05) is 13.1 Å². The summed E-state index contributed by atoms with van der Waals surface area (Å²) >= 11 is 0. The molecule has 27 heavy (non-hydrogen) atoms. The molecule has 7 nitrogen and oxygen atoms in total. The van der Waals surface area contributed by atoms with Crippen LogP contribution in [-0.2, 0) is 11.2 Å². The number of nitrogens with one attached hydrogen (secondary N) is 2. The Bertz CT molecular complexity index is 791. The highest BCUT2D eigenvalue weighted by atomic mass is 16.3. The van der Waals surface area contributed by atoms with Crippen LogP contribution >= 0.6 is 0 Å². The summed E-state index contributed by atoms with van der Waals surface area (Å²) in [5.41, 5.74) is 6.58. The molecule has 142 valence electrons. The summed E-state index contributed by atoms with van der Waals surface area (Å²) in [6.45, 7) is 3.00. The summed E-state index contributed by atoms with van der Waals surface area (Å²) in [5, 5.41) is 0. The third-order valence-electron chi connectivity index (χ3n) is 4.81. The minimum absolute atomic E-state index is 0.164. The van der Waals surface area contributed by atoms with Crippen LogP contribution in [0, 0.1) is 5.92 Å². The first-order valence-electron chi connectivity index (χ1n) is 9.10. The minimum atomic E-state index is -0.351. The average molecular weight is 369 g/mol. The standard InChI is InChI=1S/C20H23N3O4/c1-2-14-5-7-15(8-6-14)18(24)21-22-19(25)16-9-11-23(12-10-16)20(26)17-4-3-13-27-17/h3-8,13,16H,2,9-12H2,1H3,(H,21,24)(H,22,25). The van der Waals surface area contributed by atoms with Crippen molar-refractivity contribution in [1.29, 1.82) is 0 Å². The largest absolute Gasteiger partial charge is 0.459 e. The Kier molecular flexibility index (Phi) is 5.90. The summed E-state index contributed by atoms with van der Waals surface area (Å²) in [4.78, 5) is 38.3. The van der Waals surface area contributed by atoms with Crippen LogP contribution in [0.4, 0.5) is 0 Å². The van der Waals surface area contributed by atoms with E-state index >= 15 is 0 Å². The van der Waals surface area contributed by atoms with Gasteiger partial charge >= 0.3 is 0 Å². The number of furan rings is 1. The van der Waals surface area contributed by atoms with E-state index in [1.807, 2.05) is 19.1 Å². The predicted molar refractivity (Wildman–Crippen MR) is 98.8 cm³/mol. The van der Waals surface area contributed by atoms with Crippen molar-refractivity contribution in [3.8, 4) is 0 Å². The third-order valence-corrected chi connectivity index (χ3v) is 4.81. The van der Waals surface area contributed by atoms with E-state index in [1.54, 1.807) is 29.2 Å². The van der Waals surface area contributed by atoms with E-state index in [-0.39, 0.29) is 23.6 Å². The molecule has 1 aromatic heterocycles. The molecule has 3 rings (SSSR count). The van der Waals surface area contributed by atoms with Crippen LogP contribution in [-0.4, -0.2) is 35.7 Å². The molecule has 0 unspecified atom stereocenters. The van der Waals surface area contributed by atoms with E-state index in [9.17, 15) is 14.4 Å². The maximum Gasteiger partial charge on any atom is 0.289 e. The Hall–Kier alpha value is -3.09. The molecular formula is C20H23N3O4. The van der Waals surface area contributed by atoms with Gasteiger partial charge in [-0.1, -0.05) is 19.1 Å². The van der Waals surface area contributed by atoms with Crippen molar-refractivity contribution in [1.82, 2.24) is 15.8 Å². The van der Waals surface area contributed by atoms with Gasteiger partial charge in [-0.2, -0.15) is 0 Å². The number of piperidine rings is 1. The molecule has 0 atom stereocenters. The zero-order chi connectivity index (χ0) is 19.2. The molecular weight excluding hydrogens is 346 g/mol. The van der Waals surface area contributed by atoms with Crippen molar-refractivity contribution < 1.29 is 18.8 Å². The molecule has 2 aromatic rings. The van der Waals surface area contributed by atoms with Crippen LogP contribution in [0.1, 0.15) is 46.2 Å². The van der Waals surface area contributed by atoms with Crippen LogP contribution in [0.3, 0.4) is 0 Å². The van der Waals surface area contributed by atoms with Crippen LogP contribution in [0.25, 0.3) is 0 Å². The number of hydrogen-bond acceptors (Lipinski definition) is 4. The Morgan fingerprint density at radius 2 is 1.78 bits per heavy atom. The maximum atomic E-state index is 12.3. The number of nitrogens with zero attached hydrogens (tertiary/aromatic N) is 1. The lowest BCUT2D eigenvalue weighted by Gasteiger charge is -2.30. The topological polar surface area (TPSA) is 91.7 Å². The maximum absolute atomic E-state index is 12.3. The number of benzene rings is 1. The van der Waals surface area contributed by atoms with Gasteiger partial charge in [-0.05, 0) is 49.1 Å². The second-order valence-electron chi connectivity index (χ2n) is 6.54. The quantitative estimate of drug-likeness (QED) is 0.808. The molecule has 1 saturated heterocycles. The number of hydrogen-bond donors (Lipinski definition) is 2. The van der Waals surface area contributed by atoms with Crippen LogP contribution in [0.5, 0.6) is 0 Å². The summed E-state index contributed by atoms with van der Waals surface area (Å²) in [5.74, 6) is -0.689. The molecule has 0 spiro atoms. The zero-order valence-electron chi connectivity index (χ0n) is 15.2. The van der Waals surface area contributed by atoms with Gasteiger partial charge in [-0.15, -0.1) is 0 Å². The minimum Gasteiger partial charge on any atom is -0.459 e. The molecule has 0 radical (unpaired) electrons. The van der Waals surface area contributed by atoms with E-state index in [0.29, 0.717) is 37.3 Å². The molecule has 0 aliphatic carbocycles. The van der Waals surface area contributed by atoms with Gasteiger partial charge in [0, 0.05) is 24.6 Å². The van der Waals surface area contributed by atoms with Gasteiger partial charge in [0.25, 0.3) is 11.8 Å². The number of carbonyl (C=O) groups excluding carboxylic acids is 3. The van der Waals surface area contributed by atoms with E-state index in [4.69, 9.17) is 4.42 Å². The Labute approximate surface area is 157 Å². The summed E-state index contributed by atoms with van der Waals surface area (Å²) < 4.78 is 5.13. The number of aryl methyl sites for hydroxylation is 1. The van der Waals surface area contributed by atoms with Gasteiger partial charge < -0.3 is 9.32 Å². The second-order valence-corrected chi connectivity index (χ2v) is 6.54. The smallest absolute Gasteiger partial charge is 0.289 e. The van der Waals surface area contributed by atoms with Crippen molar-refractivity contribution in [3.63, 3.8) is 0 Å². The molecule has 0 bridgehead atoms. The second kappa shape index (κ2) is 8.53. The molecule has 7 heteroatoms. The van der Waals surface area contributed by atoms with Gasteiger partial charge in [0.05, 0.1) is 6.26 Å². The molecule has 0 saturated carbocycles.